The molecule has 0 saturated carbocycles. The number of halogens is 2. The Morgan fingerprint density at radius 3 is 2.87 bits per heavy atom. The number of amides is 1. The minimum Gasteiger partial charge on any atom is -0.493 e. The molecule has 23 heavy (non-hydrogen) atoms. The van der Waals surface area contributed by atoms with Gasteiger partial charge < -0.3 is 10.1 Å². The van der Waals surface area contributed by atoms with Crippen LogP contribution in [0.1, 0.15) is 5.56 Å². The Balaban J connectivity index is 1.67. The molecular weight excluding hydrogens is 398 g/mol. The van der Waals surface area contributed by atoms with Gasteiger partial charge in [0.1, 0.15) is 5.75 Å². The monoisotopic (exact) mass is 413 g/mol. The van der Waals surface area contributed by atoms with E-state index in [1.807, 2.05) is 37.3 Å². The van der Waals surface area contributed by atoms with Crippen molar-refractivity contribution in [2.75, 3.05) is 23.4 Å². The van der Waals surface area contributed by atoms with Gasteiger partial charge in [-0.05, 0) is 58.7 Å². The Bertz CT molecular complexity index is 681. The molecule has 0 radical (unpaired) electrons. The number of rotatable bonds is 7. The van der Waals surface area contributed by atoms with Crippen LogP contribution in [-0.4, -0.2) is 24.0 Å². The van der Waals surface area contributed by atoms with Crippen LogP contribution in [0.4, 0.5) is 5.69 Å². The van der Waals surface area contributed by atoms with Crippen molar-refractivity contribution in [2.24, 2.45) is 0 Å². The van der Waals surface area contributed by atoms with E-state index < -0.39 is 0 Å². The second-order valence-corrected chi connectivity index (χ2v) is 7.29. The lowest BCUT2D eigenvalue weighted by Crippen LogP contribution is -2.15. The standard InChI is InChI=1S/C17H17BrClNO2S/c1-12-5-6-16(15(18)9-12)20-17(21)11-23-8-7-22-14-4-2-3-13(19)10-14/h2-6,9-10H,7-8,11H2,1H3,(H,20,21). The molecule has 0 spiro atoms. The SMILES string of the molecule is Cc1ccc(NC(=O)CSCCOc2cccc(Cl)c2)c(Br)c1. The maximum Gasteiger partial charge on any atom is 0.234 e. The summed E-state index contributed by atoms with van der Waals surface area (Å²) < 4.78 is 6.46. The van der Waals surface area contributed by atoms with Crippen molar-refractivity contribution in [1.29, 1.82) is 0 Å². The molecule has 1 amide bonds. The number of nitrogens with one attached hydrogen (secondary N) is 1. The van der Waals surface area contributed by atoms with E-state index in [4.69, 9.17) is 16.3 Å². The minimum absolute atomic E-state index is 0.0256. The molecule has 3 nitrogen and oxygen atoms in total. The van der Waals surface area contributed by atoms with Gasteiger partial charge in [0.15, 0.2) is 0 Å². The van der Waals surface area contributed by atoms with Crippen LogP contribution in [0.5, 0.6) is 5.75 Å². The predicted octanol–water partition coefficient (Wildman–Crippen LogP) is 5.16. The van der Waals surface area contributed by atoms with Crippen LogP contribution in [-0.2, 0) is 4.79 Å². The van der Waals surface area contributed by atoms with Crippen LogP contribution in [0, 0.1) is 6.92 Å². The van der Waals surface area contributed by atoms with Crippen LogP contribution < -0.4 is 10.1 Å². The van der Waals surface area contributed by atoms with Gasteiger partial charge in [-0.2, -0.15) is 0 Å². The van der Waals surface area contributed by atoms with Gasteiger partial charge in [-0.3, -0.25) is 4.79 Å². The van der Waals surface area contributed by atoms with Crippen molar-refractivity contribution in [3.63, 3.8) is 0 Å². The van der Waals surface area contributed by atoms with E-state index in [0.29, 0.717) is 17.4 Å². The first-order chi connectivity index (χ1) is 11.0. The Morgan fingerprint density at radius 1 is 1.30 bits per heavy atom. The summed E-state index contributed by atoms with van der Waals surface area (Å²) >= 11 is 10.9. The minimum atomic E-state index is -0.0256. The summed E-state index contributed by atoms with van der Waals surface area (Å²) in [5, 5.41) is 3.54. The first kappa shape index (κ1) is 18.2. The summed E-state index contributed by atoms with van der Waals surface area (Å²) in [4.78, 5) is 11.9. The average molecular weight is 415 g/mol. The van der Waals surface area contributed by atoms with Crippen LogP contribution >= 0.6 is 39.3 Å². The zero-order valence-corrected chi connectivity index (χ0v) is 15.8. The Kier molecular flexibility index (Phi) is 7.27. The summed E-state index contributed by atoms with van der Waals surface area (Å²) in [6.45, 7) is 2.54. The van der Waals surface area contributed by atoms with Gasteiger partial charge in [-0.25, -0.2) is 0 Å². The van der Waals surface area contributed by atoms with Gasteiger partial charge in [0.25, 0.3) is 0 Å². The fraction of sp³-hybridized carbons (Fsp3) is 0.235. The van der Waals surface area contributed by atoms with Crippen LogP contribution in [0.15, 0.2) is 46.9 Å². The molecular formula is C17H17BrClNO2S. The third-order valence-corrected chi connectivity index (χ3v) is 4.74. The highest BCUT2D eigenvalue weighted by molar-refractivity contribution is 9.10. The molecule has 0 unspecified atom stereocenters. The molecule has 122 valence electrons. The Labute approximate surface area is 153 Å². The van der Waals surface area contributed by atoms with Crippen molar-refractivity contribution in [3.8, 4) is 5.75 Å². The van der Waals surface area contributed by atoms with E-state index in [2.05, 4.69) is 21.2 Å². The molecule has 1 N–H and O–H groups in total. The lowest BCUT2D eigenvalue weighted by Gasteiger charge is -2.09. The van der Waals surface area contributed by atoms with Crippen molar-refractivity contribution < 1.29 is 9.53 Å². The molecule has 0 aliphatic rings. The molecule has 2 aromatic carbocycles. The average Bonchev–Trinajstić information content (AvgIpc) is 2.50. The summed E-state index contributed by atoms with van der Waals surface area (Å²) in [5.74, 6) is 1.84. The maximum atomic E-state index is 11.9. The Morgan fingerprint density at radius 2 is 2.13 bits per heavy atom. The molecule has 0 heterocycles. The van der Waals surface area contributed by atoms with Crippen LogP contribution in [0.25, 0.3) is 0 Å². The maximum absolute atomic E-state index is 11.9. The van der Waals surface area contributed by atoms with Gasteiger partial charge in [-0.1, -0.05) is 23.7 Å². The molecule has 2 rings (SSSR count). The van der Waals surface area contributed by atoms with Crippen molar-refractivity contribution in [2.45, 2.75) is 6.92 Å². The molecule has 0 aromatic heterocycles. The zero-order valence-electron chi connectivity index (χ0n) is 12.6. The van der Waals surface area contributed by atoms with Crippen molar-refractivity contribution in [1.82, 2.24) is 0 Å². The molecule has 0 bridgehead atoms. The van der Waals surface area contributed by atoms with E-state index in [1.165, 1.54) is 11.8 Å². The zero-order chi connectivity index (χ0) is 16.7. The smallest absolute Gasteiger partial charge is 0.234 e. The summed E-state index contributed by atoms with van der Waals surface area (Å²) in [6, 6.07) is 13.1. The molecule has 0 fully saturated rings. The highest BCUT2D eigenvalue weighted by Gasteiger charge is 2.06. The third-order valence-electron chi connectivity index (χ3n) is 2.92. The van der Waals surface area contributed by atoms with Gasteiger partial charge in [0, 0.05) is 15.2 Å². The van der Waals surface area contributed by atoms with E-state index in [1.54, 1.807) is 12.1 Å². The van der Waals surface area contributed by atoms with Gasteiger partial charge in [-0.15, -0.1) is 11.8 Å². The molecule has 0 aliphatic carbocycles. The van der Waals surface area contributed by atoms with E-state index in [-0.39, 0.29) is 5.91 Å². The summed E-state index contributed by atoms with van der Waals surface area (Å²) in [6.07, 6.45) is 0. The number of thioether (sulfide) groups is 1. The number of benzene rings is 2. The fourth-order valence-electron chi connectivity index (χ4n) is 1.85. The number of hydrogen-bond donors (Lipinski definition) is 1. The first-order valence-corrected chi connectivity index (χ1v) is 9.39. The van der Waals surface area contributed by atoms with Gasteiger partial charge in [0.05, 0.1) is 18.0 Å². The first-order valence-electron chi connectivity index (χ1n) is 7.07. The highest BCUT2D eigenvalue weighted by Crippen LogP contribution is 2.23. The van der Waals surface area contributed by atoms with Crippen LogP contribution in [0.3, 0.4) is 0 Å². The van der Waals surface area contributed by atoms with Crippen LogP contribution in [0.2, 0.25) is 5.02 Å². The lowest BCUT2D eigenvalue weighted by atomic mass is 10.2. The quantitative estimate of drug-likeness (QED) is 0.636. The third kappa shape index (κ3) is 6.45. The number of aryl methyl sites for hydroxylation is 1. The van der Waals surface area contributed by atoms with Gasteiger partial charge >= 0.3 is 0 Å². The lowest BCUT2D eigenvalue weighted by molar-refractivity contribution is -0.113. The van der Waals surface area contributed by atoms with Crippen molar-refractivity contribution >= 4 is 50.9 Å². The number of hydrogen-bond acceptors (Lipinski definition) is 3. The van der Waals surface area contributed by atoms with E-state index >= 15 is 0 Å². The normalized spacial score (nSPS) is 10.4. The van der Waals surface area contributed by atoms with Gasteiger partial charge in [0.2, 0.25) is 5.91 Å². The fourth-order valence-corrected chi connectivity index (χ4v) is 3.22. The molecule has 2 aromatic rings. The second-order valence-electron chi connectivity index (χ2n) is 4.89. The largest absolute Gasteiger partial charge is 0.493 e. The number of carbonyl (C=O) groups excluding carboxylic acids is 1. The number of carbonyl (C=O) groups is 1. The molecule has 0 atom stereocenters. The second kappa shape index (κ2) is 9.21. The topological polar surface area (TPSA) is 38.3 Å². The Hall–Kier alpha value is -1.17. The molecule has 0 aliphatic heterocycles. The van der Waals surface area contributed by atoms with E-state index in [0.717, 1.165) is 27.2 Å². The van der Waals surface area contributed by atoms with Crippen molar-refractivity contribution in [3.05, 3.63) is 57.5 Å². The van der Waals surface area contributed by atoms with E-state index in [9.17, 15) is 4.79 Å². The molecule has 6 heteroatoms. The predicted molar refractivity (Wildman–Crippen MR) is 102 cm³/mol. The number of ether oxygens (including phenoxy) is 1. The summed E-state index contributed by atoms with van der Waals surface area (Å²) in [7, 11) is 0. The summed E-state index contributed by atoms with van der Waals surface area (Å²) in [5.41, 5.74) is 1.93. The number of anilines is 1. The molecule has 0 saturated heterocycles. The highest BCUT2D eigenvalue weighted by atomic mass is 79.9.